The first-order chi connectivity index (χ1) is 13.3. The van der Waals surface area contributed by atoms with Crippen LogP contribution in [0.1, 0.15) is 21.7 Å². The molecule has 0 bridgehead atoms. The number of hydrogen-bond donors (Lipinski definition) is 2. The molecule has 0 aliphatic heterocycles. The largest absolute Gasteiger partial charge is 0.473 e. The molecule has 0 aliphatic carbocycles. The van der Waals surface area contributed by atoms with Gasteiger partial charge in [-0.2, -0.15) is 18.4 Å². The van der Waals surface area contributed by atoms with Gasteiger partial charge in [0.05, 0.1) is 5.56 Å². The molecule has 8 nitrogen and oxygen atoms in total. The lowest BCUT2D eigenvalue weighted by atomic mass is 10.2. The quantitative estimate of drug-likeness (QED) is 0.427. The molecule has 0 atom stereocenters. The van der Waals surface area contributed by atoms with E-state index in [9.17, 15) is 30.8 Å². The number of amides is 1. The molecule has 0 fully saturated rings. The fourth-order valence-electron chi connectivity index (χ4n) is 2.33. The van der Waals surface area contributed by atoms with E-state index in [-0.39, 0.29) is 22.6 Å². The molecule has 0 saturated carbocycles. The highest BCUT2D eigenvalue weighted by molar-refractivity contribution is 7.89. The summed E-state index contributed by atoms with van der Waals surface area (Å²) in [6.45, 7) is 1.31. The average Bonchev–Trinajstić information content (AvgIpc) is 2.91. The lowest BCUT2D eigenvalue weighted by Crippen LogP contribution is -2.47. The number of nitrogens with zero attached hydrogens (tertiary/aromatic N) is 3. The zero-order valence-electron chi connectivity index (χ0n) is 15.3. The average molecular weight is 433 g/mol. The molecule has 1 aromatic carbocycles. The summed E-state index contributed by atoms with van der Waals surface area (Å²) in [6, 6.07) is 5.77. The highest BCUT2D eigenvalue weighted by Gasteiger charge is 2.38. The predicted octanol–water partition coefficient (Wildman–Crippen LogP) is 2.24. The molecular weight excluding hydrogens is 418 g/mol. The van der Waals surface area contributed by atoms with Gasteiger partial charge in [0.25, 0.3) is 15.9 Å². The second-order valence-electron chi connectivity index (χ2n) is 5.92. The van der Waals surface area contributed by atoms with Gasteiger partial charge in [-0.25, -0.2) is 12.8 Å². The van der Waals surface area contributed by atoms with Gasteiger partial charge in [0.1, 0.15) is 22.5 Å². The van der Waals surface area contributed by atoms with Crippen molar-refractivity contribution in [3.05, 3.63) is 47.0 Å². The number of carbonyl (C=O) groups is 1. The van der Waals surface area contributed by atoms with E-state index in [2.05, 4.69) is 5.32 Å². The summed E-state index contributed by atoms with van der Waals surface area (Å²) in [6.07, 6.45) is -4.95. The van der Waals surface area contributed by atoms with E-state index < -0.39 is 38.0 Å². The topological polar surface area (TPSA) is 107 Å². The summed E-state index contributed by atoms with van der Waals surface area (Å²) in [5.74, 6) is -1.59. The van der Waals surface area contributed by atoms with Crippen LogP contribution in [-0.4, -0.2) is 37.2 Å². The maximum Gasteiger partial charge on any atom is 0.473 e. The molecule has 0 radical (unpaired) electrons. The molecule has 0 saturated heterocycles. The third-order valence-corrected chi connectivity index (χ3v) is 5.50. The third-order valence-electron chi connectivity index (χ3n) is 3.99. The zero-order valence-corrected chi connectivity index (χ0v) is 16.1. The number of halogens is 4. The summed E-state index contributed by atoms with van der Waals surface area (Å²) in [5, 5.41) is 10.7. The number of alkyl halides is 3. The number of nitrogens with one attached hydrogen (secondary N) is 2. The second-order valence-corrected chi connectivity index (χ2v) is 7.55. The molecule has 13 heteroatoms. The Kier molecular flexibility index (Phi) is 6.02. The summed E-state index contributed by atoms with van der Waals surface area (Å²) in [4.78, 5) is 13.3. The van der Waals surface area contributed by atoms with Crippen molar-refractivity contribution >= 4 is 21.6 Å². The number of benzene rings is 1. The Hall–Kier alpha value is -2.95. The Bertz CT molecular complexity index is 1100. The van der Waals surface area contributed by atoms with Crippen LogP contribution in [0.4, 0.5) is 23.2 Å². The maximum absolute atomic E-state index is 13.4. The van der Waals surface area contributed by atoms with Crippen LogP contribution in [0.15, 0.2) is 29.2 Å². The molecular formula is C16H15F4N5O3S. The summed E-state index contributed by atoms with van der Waals surface area (Å²) < 4.78 is 77.0. The number of anilines is 1. The minimum atomic E-state index is -4.95. The van der Waals surface area contributed by atoms with Crippen molar-refractivity contribution in [3.8, 4) is 6.07 Å². The fraction of sp³-hybridized carbons (Fsp3) is 0.250. The molecule has 1 amide bonds. The van der Waals surface area contributed by atoms with Gasteiger partial charge in [0.2, 0.25) is 0 Å². The molecule has 2 aromatic rings. The fourth-order valence-corrected chi connectivity index (χ4v) is 3.68. The minimum absolute atomic E-state index is 0.00930. The number of hydrazine groups is 1. The van der Waals surface area contributed by atoms with Crippen molar-refractivity contribution in [2.75, 3.05) is 12.4 Å². The van der Waals surface area contributed by atoms with Crippen LogP contribution in [0.3, 0.4) is 0 Å². The summed E-state index contributed by atoms with van der Waals surface area (Å²) in [7, 11) is -2.80. The van der Waals surface area contributed by atoms with E-state index in [4.69, 9.17) is 5.26 Å². The van der Waals surface area contributed by atoms with Crippen molar-refractivity contribution < 1.29 is 30.8 Å². The number of aromatic nitrogens is 1. The van der Waals surface area contributed by atoms with Crippen LogP contribution in [0.2, 0.25) is 0 Å². The van der Waals surface area contributed by atoms with Gasteiger partial charge in [0, 0.05) is 25.5 Å². The lowest BCUT2D eigenvalue weighted by molar-refractivity contribution is -0.245. The van der Waals surface area contributed by atoms with E-state index in [1.165, 1.54) is 29.4 Å². The molecule has 2 rings (SSSR count). The normalized spacial score (nSPS) is 12.1. The highest BCUT2D eigenvalue weighted by atomic mass is 32.2. The first-order valence-corrected chi connectivity index (χ1v) is 9.26. The van der Waals surface area contributed by atoms with Crippen LogP contribution < -0.4 is 10.1 Å². The molecule has 29 heavy (non-hydrogen) atoms. The smallest absolute Gasteiger partial charge is 0.343 e. The first-order valence-electron chi connectivity index (χ1n) is 7.78. The van der Waals surface area contributed by atoms with Crippen molar-refractivity contribution in [3.63, 3.8) is 0 Å². The molecule has 0 unspecified atom stereocenters. The lowest BCUT2D eigenvalue weighted by Gasteiger charge is -2.20. The van der Waals surface area contributed by atoms with Gasteiger partial charge >= 0.3 is 6.30 Å². The Balaban J connectivity index is 2.35. The van der Waals surface area contributed by atoms with Gasteiger partial charge in [-0.15, -0.1) is 9.84 Å². The first kappa shape index (κ1) is 22.3. The zero-order chi connectivity index (χ0) is 22.1. The van der Waals surface area contributed by atoms with Crippen LogP contribution >= 0.6 is 0 Å². The van der Waals surface area contributed by atoms with E-state index in [0.29, 0.717) is 7.05 Å². The van der Waals surface area contributed by atoms with Gasteiger partial charge in [0.15, 0.2) is 0 Å². The van der Waals surface area contributed by atoms with Crippen molar-refractivity contribution in [1.29, 1.82) is 5.26 Å². The van der Waals surface area contributed by atoms with Gasteiger partial charge in [-0.3, -0.25) is 4.79 Å². The Morgan fingerprint density at radius 2 is 1.90 bits per heavy atom. The van der Waals surface area contributed by atoms with Crippen molar-refractivity contribution in [2.45, 2.75) is 18.1 Å². The van der Waals surface area contributed by atoms with Crippen LogP contribution in [-0.2, 0) is 17.1 Å². The standard InChI is InChI=1S/C16H15F4N5O3S/c1-9-14(29(27,28)23-25(3)16(18,19)20)7-13(24(9)2)15(26)22-11-4-5-12(17)10(6-11)8-21/h4-7,23H,1-3H3,(H,22,26). The summed E-state index contributed by atoms with van der Waals surface area (Å²) >= 11 is 0. The third kappa shape index (κ3) is 4.73. The van der Waals surface area contributed by atoms with Gasteiger partial charge in [-0.1, -0.05) is 0 Å². The number of sulfonamides is 1. The molecule has 0 spiro atoms. The Morgan fingerprint density at radius 1 is 1.28 bits per heavy atom. The highest BCUT2D eigenvalue weighted by Crippen LogP contribution is 2.23. The summed E-state index contributed by atoms with van der Waals surface area (Å²) in [5.41, 5.74) is -0.407. The maximum atomic E-state index is 13.4. The SMILES string of the molecule is Cc1c(S(=O)(=O)NN(C)C(F)(F)F)cc(C(=O)Nc2ccc(F)c(C#N)c2)n1C. The monoisotopic (exact) mass is 433 g/mol. The molecule has 1 heterocycles. The van der Waals surface area contributed by atoms with E-state index in [0.717, 1.165) is 18.2 Å². The Labute approximate surface area is 163 Å². The number of nitriles is 1. The number of hydrogen-bond acceptors (Lipinski definition) is 5. The molecule has 156 valence electrons. The number of carbonyl (C=O) groups excluding carboxylic acids is 1. The molecule has 2 N–H and O–H groups in total. The Morgan fingerprint density at radius 3 is 2.45 bits per heavy atom. The van der Waals surface area contributed by atoms with Gasteiger partial charge < -0.3 is 9.88 Å². The van der Waals surface area contributed by atoms with Crippen molar-refractivity contribution in [2.24, 2.45) is 7.05 Å². The molecule has 1 aromatic heterocycles. The van der Waals surface area contributed by atoms with Crippen molar-refractivity contribution in [1.82, 2.24) is 14.4 Å². The van der Waals surface area contributed by atoms with Crippen LogP contribution in [0, 0.1) is 24.1 Å². The van der Waals surface area contributed by atoms with Crippen LogP contribution in [0.25, 0.3) is 0 Å². The number of rotatable bonds is 5. The van der Waals surface area contributed by atoms with Gasteiger partial charge in [-0.05, 0) is 31.2 Å². The van der Waals surface area contributed by atoms with E-state index in [1.807, 2.05) is 0 Å². The minimum Gasteiger partial charge on any atom is -0.343 e. The predicted molar refractivity (Wildman–Crippen MR) is 93.4 cm³/mol. The van der Waals surface area contributed by atoms with E-state index in [1.54, 1.807) is 6.07 Å². The second kappa shape index (κ2) is 7.82. The molecule has 0 aliphatic rings. The van der Waals surface area contributed by atoms with E-state index >= 15 is 0 Å². The van der Waals surface area contributed by atoms with Crippen LogP contribution in [0.5, 0.6) is 0 Å².